The molecule has 0 bridgehead atoms. The van der Waals surface area contributed by atoms with Gasteiger partial charge in [0.25, 0.3) is 0 Å². The van der Waals surface area contributed by atoms with Gasteiger partial charge in [-0.3, -0.25) is 0 Å². The van der Waals surface area contributed by atoms with Gasteiger partial charge in [-0.05, 0) is 74.7 Å². The number of phenols is 1. The van der Waals surface area contributed by atoms with Gasteiger partial charge in [0.1, 0.15) is 5.75 Å². The van der Waals surface area contributed by atoms with Crippen LogP contribution in [0.4, 0.5) is 11.6 Å². The molecule has 0 saturated carbocycles. The van der Waals surface area contributed by atoms with Gasteiger partial charge in [0.2, 0.25) is 5.95 Å². The molecule has 162 valence electrons. The molecular weight excluding hydrogens is 410 g/mol. The van der Waals surface area contributed by atoms with Gasteiger partial charge >= 0.3 is 0 Å². The largest absolute Gasteiger partial charge is 0.506 e. The van der Waals surface area contributed by atoms with Crippen LogP contribution in [-0.4, -0.2) is 40.8 Å². The average Bonchev–Trinajstić information content (AvgIpc) is 2.78. The quantitative estimate of drug-likeness (QED) is 0.431. The molecule has 3 aromatic rings. The van der Waals surface area contributed by atoms with Crippen LogP contribution < -0.4 is 16.0 Å². The van der Waals surface area contributed by atoms with E-state index in [0.29, 0.717) is 23.6 Å². The first kappa shape index (κ1) is 21.4. The van der Waals surface area contributed by atoms with Crippen LogP contribution in [-0.2, 0) is 6.42 Å². The summed E-state index contributed by atoms with van der Waals surface area (Å²) in [6, 6.07) is 14.6. The minimum absolute atomic E-state index is 0.145. The molecule has 1 saturated heterocycles. The molecule has 6 nitrogen and oxygen atoms in total. The molecule has 2 heterocycles. The normalized spacial score (nSPS) is 14.4. The SMILES string of the molecule is Cc1cc(CCNc2nccc(-c3cccc(NC4CCNCC4)c3)n2)cc(Cl)c1O. The fraction of sp³-hybridized carbons (Fsp3) is 0.333. The van der Waals surface area contributed by atoms with Gasteiger partial charge in [-0.15, -0.1) is 0 Å². The van der Waals surface area contributed by atoms with E-state index in [1.807, 2.05) is 19.1 Å². The lowest BCUT2D eigenvalue weighted by Gasteiger charge is -2.24. The molecule has 0 radical (unpaired) electrons. The van der Waals surface area contributed by atoms with Crippen molar-refractivity contribution in [3.8, 4) is 17.0 Å². The van der Waals surface area contributed by atoms with E-state index in [-0.39, 0.29) is 5.75 Å². The van der Waals surface area contributed by atoms with Gasteiger partial charge in [-0.1, -0.05) is 29.8 Å². The number of benzene rings is 2. The first-order chi connectivity index (χ1) is 15.1. The van der Waals surface area contributed by atoms with Crippen molar-refractivity contribution in [3.05, 3.63) is 64.8 Å². The number of aryl methyl sites for hydroxylation is 1. The fourth-order valence-corrected chi connectivity index (χ4v) is 4.13. The van der Waals surface area contributed by atoms with Crippen molar-refractivity contribution in [2.75, 3.05) is 30.3 Å². The first-order valence-corrected chi connectivity index (χ1v) is 11.1. The third-order valence-corrected chi connectivity index (χ3v) is 5.82. The highest BCUT2D eigenvalue weighted by atomic mass is 35.5. The van der Waals surface area contributed by atoms with Gasteiger partial charge in [0.05, 0.1) is 10.7 Å². The maximum atomic E-state index is 9.81. The van der Waals surface area contributed by atoms with Crippen molar-refractivity contribution in [2.45, 2.75) is 32.2 Å². The van der Waals surface area contributed by atoms with Crippen LogP contribution in [0.1, 0.15) is 24.0 Å². The predicted molar refractivity (Wildman–Crippen MR) is 127 cm³/mol. The summed E-state index contributed by atoms with van der Waals surface area (Å²) in [7, 11) is 0. The van der Waals surface area contributed by atoms with Crippen LogP contribution in [0.5, 0.6) is 5.75 Å². The van der Waals surface area contributed by atoms with Gasteiger partial charge in [-0.25, -0.2) is 9.97 Å². The predicted octanol–water partition coefficient (Wildman–Crippen LogP) is 4.63. The van der Waals surface area contributed by atoms with Crippen LogP contribution in [0.25, 0.3) is 11.3 Å². The van der Waals surface area contributed by atoms with Crippen LogP contribution in [0.2, 0.25) is 5.02 Å². The number of aromatic nitrogens is 2. The highest BCUT2D eigenvalue weighted by molar-refractivity contribution is 6.32. The molecule has 0 amide bonds. The second kappa shape index (κ2) is 9.98. The lowest BCUT2D eigenvalue weighted by atomic mass is 10.1. The average molecular weight is 438 g/mol. The standard InChI is InChI=1S/C24H28ClN5O/c1-16-13-17(14-21(25)23(16)31)5-11-27-24-28-12-8-22(30-24)18-3-2-4-20(15-18)29-19-6-9-26-10-7-19/h2-4,8,12-15,19,26,29,31H,5-7,9-11H2,1H3,(H,27,28,30). The number of anilines is 2. The second-order valence-corrected chi connectivity index (χ2v) is 8.34. The monoisotopic (exact) mass is 437 g/mol. The zero-order chi connectivity index (χ0) is 21.6. The number of halogens is 1. The molecule has 4 N–H and O–H groups in total. The molecular formula is C24H28ClN5O. The number of phenolic OH excluding ortho intramolecular Hbond substituents is 1. The Balaban J connectivity index is 1.39. The van der Waals surface area contributed by atoms with Gasteiger partial charge in [0, 0.05) is 30.0 Å². The summed E-state index contributed by atoms with van der Waals surface area (Å²) in [5.74, 6) is 0.738. The number of rotatable bonds is 7. The lowest BCUT2D eigenvalue weighted by Crippen LogP contribution is -2.35. The Morgan fingerprint density at radius 1 is 1.16 bits per heavy atom. The number of hydrogen-bond donors (Lipinski definition) is 4. The molecule has 1 fully saturated rings. The summed E-state index contributed by atoms with van der Waals surface area (Å²) in [6.07, 6.45) is 4.80. The topological polar surface area (TPSA) is 82.1 Å². The third kappa shape index (κ3) is 5.66. The van der Waals surface area contributed by atoms with E-state index in [4.69, 9.17) is 11.6 Å². The van der Waals surface area contributed by atoms with Crippen LogP contribution in [0.15, 0.2) is 48.7 Å². The van der Waals surface area contributed by atoms with Gasteiger partial charge in [0.15, 0.2) is 0 Å². The molecule has 0 spiro atoms. The molecule has 1 aliphatic heterocycles. The Kier molecular flexibility index (Phi) is 6.89. The number of piperidine rings is 1. The molecule has 0 unspecified atom stereocenters. The maximum Gasteiger partial charge on any atom is 0.223 e. The minimum atomic E-state index is 0.145. The van der Waals surface area contributed by atoms with Gasteiger partial charge < -0.3 is 21.1 Å². The number of hydrogen-bond acceptors (Lipinski definition) is 6. The molecule has 31 heavy (non-hydrogen) atoms. The summed E-state index contributed by atoms with van der Waals surface area (Å²) in [5, 5.41) is 20.5. The van der Waals surface area contributed by atoms with E-state index in [1.54, 1.807) is 12.3 Å². The van der Waals surface area contributed by atoms with Crippen molar-refractivity contribution in [1.29, 1.82) is 0 Å². The van der Waals surface area contributed by atoms with E-state index in [1.165, 1.54) is 0 Å². The smallest absolute Gasteiger partial charge is 0.223 e. The number of nitrogens with one attached hydrogen (secondary N) is 3. The van der Waals surface area contributed by atoms with Crippen molar-refractivity contribution >= 4 is 23.2 Å². The molecule has 4 rings (SSSR count). The molecule has 7 heteroatoms. The summed E-state index contributed by atoms with van der Waals surface area (Å²) >= 11 is 6.07. The van der Waals surface area contributed by atoms with Crippen LogP contribution in [0, 0.1) is 6.92 Å². The Bertz CT molecular complexity index is 1010. The Hall–Kier alpha value is -2.83. The van der Waals surface area contributed by atoms with E-state index < -0.39 is 0 Å². The van der Waals surface area contributed by atoms with Crippen molar-refractivity contribution in [1.82, 2.24) is 15.3 Å². The molecule has 0 atom stereocenters. The zero-order valence-corrected chi connectivity index (χ0v) is 18.4. The van der Waals surface area contributed by atoms with E-state index in [0.717, 1.165) is 60.4 Å². The number of aromatic hydroxyl groups is 1. The first-order valence-electron chi connectivity index (χ1n) is 10.7. The second-order valence-electron chi connectivity index (χ2n) is 7.93. The molecule has 0 aliphatic carbocycles. The summed E-state index contributed by atoms with van der Waals surface area (Å²) in [4.78, 5) is 9.04. The van der Waals surface area contributed by atoms with Crippen LogP contribution >= 0.6 is 11.6 Å². The summed E-state index contributed by atoms with van der Waals surface area (Å²) < 4.78 is 0. The van der Waals surface area contributed by atoms with Gasteiger partial charge in [-0.2, -0.15) is 0 Å². The van der Waals surface area contributed by atoms with Crippen molar-refractivity contribution in [2.24, 2.45) is 0 Å². The highest BCUT2D eigenvalue weighted by Crippen LogP contribution is 2.28. The van der Waals surface area contributed by atoms with E-state index in [9.17, 15) is 5.11 Å². The molecule has 1 aliphatic rings. The Morgan fingerprint density at radius 3 is 2.81 bits per heavy atom. The van der Waals surface area contributed by atoms with E-state index in [2.05, 4.69) is 50.2 Å². The third-order valence-electron chi connectivity index (χ3n) is 5.53. The Morgan fingerprint density at radius 2 is 2.00 bits per heavy atom. The maximum absolute atomic E-state index is 9.81. The summed E-state index contributed by atoms with van der Waals surface area (Å²) in [6.45, 7) is 4.64. The molecule has 1 aromatic heterocycles. The molecule has 2 aromatic carbocycles. The Labute approximate surface area is 188 Å². The zero-order valence-electron chi connectivity index (χ0n) is 17.7. The minimum Gasteiger partial charge on any atom is -0.506 e. The lowest BCUT2D eigenvalue weighted by molar-refractivity contribution is 0.471. The highest BCUT2D eigenvalue weighted by Gasteiger charge is 2.13. The van der Waals surface area contributed by atoms with Crippen molar-refractivity contribution < 1.29 is 5.11 Å². The fourth-order valence-electron chi connectivity index (χ4n) is 3.85. The summed E-state index contributed by atoms with van der Waals surface area (Å²) in [5.41, 5.74) is 4.90. The van der Waals surface area contributed by atoms with E-state index >= 15 is 0 Å². The number of nitrogens with zero attached hydrogens (tertiary/aromatic N) is 2. The van der Waals surface area contributed by atoms with Crippen LogP contribution in [0.3, 0.4) is 0 Å². The van der Waals surface area contributed by atoms with Crippen molar-refractivity contribution in [3.63, 3.8) is 0 Å².